The molecule has 0 aliphatic rings. The summed E-state index contributed by atoms with van der Waals surface area (Å²) in [7, 11) is 0. The maximum absolute atomic E-state index is 12.3. The minimum absolute atomic E-state index is 0.173. The van der Waals surface area contributed by atoms with E-state index in [2.05, 4.69) is 5.32 Å². The van der Waals surface area contributed by atoms with Gasteiger partial charge >= 0.3 is 5.97 Å². The van der Waals surface area contributed by atoms with E-state index in [-0.39, 0.29) is 19.0 Å². The molecule has 0 aliphatic carbocycles. The summed E-state index contributed by atoms with van der Waals surface area (Å²) in [6, 6.07) is 8.13. The SMILES string of the molecule is CSCC[C@H](NC(=O)COc1ccccc1)C(=O)OCC(=O)C(C)(C)C. The molecular formula is C19H27NO5S. The van der Waals surface area contributed by atoms with Gasteiger partial charge in [-0.2, -0.15) is 11.8 Å². The summed E-state index contributed by atoms with van der Waals surface area (Å²) >= 11 is 1.56. The molecule has 0 aliphatic heterocycles. The van der Waals surface area contributed by atoms with Crippen LogP contribution in [0.5, 0.6) is 5.75 Å². The van der Waals surface area contributed by atoms with Gasteiger partial charge in [-0.15, -0.1) is 0 Å². The number of benzene rings is 1. The van der Waals surface area contributed by atoms with Crippen LogP contribution in [0.15, 0.2) is 30.3 Å². The summed E-state index contributed by atoms with van der Waals surface area (Å²) < 4.78 is 10.5. The van der Waals surface area contributed by atoms with E-state index in [1.54, 1.807) is 56.8 Å². The van der Waals surface area contributed by atoms with Crippen LogP contribution in [0.25, 0.3) is 0 Å². The van der Waals surface area contributed by atoms with Gasteiger partial charge in [0, 0.05) is 5.41 Å². The van der Waals surface area contributed by atoms with Gasteiger partial charge in [-0.3, -0.25) is 9.59 Å². The predicted octanol–water partition coefficient (Wildman–Crippen LogP) is 2.46. The Balaban J connectivity index is 2.54. The molecular weight excluding hydrogens is 354 g/mol. The number of ether oxygens (including phenoxy) is 2. The smallest absolute Gasteiger partial charge is 0.329 e. The lowest BCUT2D eigenvalue weighted by Gasteiger charge is -2.20. The van der Waals surface area contributed by atoms with Crippen LogP contribution < -0.4 is 10.1 Å². The first-order valence-electron chi connectivity index (χ1n) is 8.40. The fraction of sp³-hybridized carbons (Fsp3) is 0.526. The second-order valence-electron chi connectivity index (χ2n) is 6.78. The molecule has 1 amide bonds. The molecule has 6 nitrogen and oxygen atoms in total. The van der Waals surface area contributed by atoms with Gasteiger partial charge in [-0.1, -0.05) is 39.0 Å². The van der Waals surface area contributed by atoms with Gasteiger partial charge in [0.2, 0.25) is 0 Å². The monoisotopic (exact) mass is 381 g/mol. The van der Waals surface area contributed by atoms with E-state index in [9.17, 15) is 14.4 Å². The summed E-state index contributed by atoms with van der Waals surface area (Å²) in [5.74, 6) is 0.0472. The van der Waals surface area contributed by atoms with Crippen molar-refractivity contribution in [2.75, 3.05) is 25.2 Å². The number of hydrogen-bond acceptors (Lipinski definition) is 6. The van der Waals surface area contributed by atoms with Crippen LogP contribution in [0.2, 0.25) is 0 Å². The van der Waals surface area contributed by atoms with Gasteiger partial charge < -0.3 is 14.8 Å². The second-order valence-corrected chi connectivity index (χ2v) is 7.77. The van der Waals surface area contributed by atoms with Crippen molar-refractivity contribution in [3.8, 4) is 5.75 Å². The molecule has 0 saturated carbocycles. The van der Waals surface area contributed by atoms with Crippen LogP contribution in [0.3, 0.4) is 0 Å². The molecule has 0 heterocycles. The number of nitrogens with one attached hydrogen (secondary N) is 1. The number of para-hydroxylation sites is 1. The number of carbonyl (C=O) groups excluding carboxylic acids is 3. The van der Waals surface area contributed by atoms with Crippen molar-refractivity contribution < 1.29 is 23.9 Å². The molecule has 1 N–H and O–H groups in total. The van der Waals surface area contributed by atoms with Gasteiger partial charge in [-0.05, 0) is 30.6 Å². The lowest BCUT2D eigenvalue weighted by molar-refractivity contribution is -0.153. The van der Waals surface area contributed by atoms with E-state index in [4.69, 9.17) is 9.47 Å². The molecule has 1 rings (SSSR count). The highest BCUT2D eigenvalue weighted by atomic mass is 32.2. The molecule has 144 valence electrons. The van der Waals surface area contributed by atoms with E-state index in [0.29, 0.717) is 17.9 Å². The topological polar surface area (TPSA) is 81.7 Å². The van der Waals surface area contributed by atoms with Gasteiger partial charge in [0.25, 0.3) is 5.91 Å². The van der Waals surface area contributed by atoms with E-state index >= 15 is 0 Å². The molecule has 26 heavy (non-hydrogen) atoms. The summed E-state index contributed by atoms with van der Waals surface area (Å²) in [5, 5.41) is 2.62. The first-order valence-corrected chi connectivity index (χ1v) is 9.79. The summed E-state index contributed by atoms with van der Waals surface area (Å²) in [6.45, 7) is 4.79. The third-order valence-electron chi connectivity index (χ3n) is 3.53. The Kier molecular flexibility index (Phi) is 9.19. The number of esters is 1. The molecule has 0 aromatic heterocycles. The maximum Gasteiger partial charge on any atom is 0.329 e. The van der Waals surface area contributed by atoms with Gasteiger partial charge in [0.1, 0.15) is 11.8 Å². The van der Waals surface area contributed by atoms with Crippen molar-refractivity contribution in [1.82, 2.24) is 5.32 Å². The standard InChI is InChI=1S/C19H27NO5S/c1-19(2,3)16(21)12-25-18(23)15(10-11-26-4)20-17(22)13-24-14-8-6-5-7-9-14/h5-9,15H,10-13H2,1-4H3,(H,20,22)/t15-/m0/s1. The Morgan fingerprint density at radius 3 is 2.35 bits per heavy atom. The number of thioether (sulfide) groups is 1. The lowest BCUT2D eigenvalue weighted by Crippen LogP contribution is -2.45. The fourth-order valence-corrected chi connectivity index (χ4v) is 2.31. The molecule has 0 radical (unpaired) electrons. The third kappa shape index (κ3) is 8.38. The Bertz CT molecular complexity index is 598. The molecule has 0 bridgehead atoms. The fourth-order valence-electron chi connectivity index (χ4n) is 1.84. The van der Waals surface area contributed by atoms with E-state index < -0.39 is 23.3 Å². The molecule has 0 fully saturated rings. The number of Topliss-reactive ketones (excluding diaryl/α,β-unsaturated/α-hetero) is 1. The normalized spacial score (nSPS) is 12.2. The van der Waals surface area contributed by atoms with Crippen molar-refractivity contribution in [3.63, 3.8) is 0 Å². The van der Waals surface area contributed by atoms with Crippen molar-refractivity contribution >= 4 is 29.4 Å². The molecule has 0 saturated heterocycles. The van der Waals surface area contributed by atoms with Crippen molar-refractivity contribution in [1.29, 1.82) is 0 Å². The molecule has 0 spiro atoms. The Morgan fingerprint density at radius 2 is 1.77 bits per heavy atom. The van der Waals surface area contributed by atoms with Gasteiger partial charge in [0.15, 0.2) is 19.0 Å². The molecule has 7 heteroatoms. The number of rotatable bonds is 10. The van der Waals surface area contributed by atoms with Crippen LogP contribution in [0.4, 0.5) is 0 Å². The van der Waals surface area contributed by atoms with Crippen LogP contribution in [0, 0.1) is 5.41 Å². The average Bonchev–Trinajstić information content (AvgIpc) is 2.61. The zero-order valence-corrected chi connectivity index (χ0v) is 16.6. The van der Waals surface area contributed by atoms with Crippen LogP contribution in [0.1, 0.15) is 27.2 Å². The first-order chi connectivity index (χ1) is 12.2. The quantitative estimate of drug-likeness (QED) is 0.627. The Morgan fingerprint density at radius 1 is 1.12 bits per heavy atom. The van der Waals surface area contributed by atoms with E-state index in [1.807, 2.05) is 12.3 Å². The first kappa shape index (κ1) is 22.0. The number of amides is 1. The summed E-state index contributed by atoms with van der Waals surface area (Å²) in [6.07, 6.45) is 2.33. The number of ketones is 1. The predicted molar refractivity (Wildman–Crippen MR) is 102 cm³/mol. The average molecular weight is 381 g/mol. The van der Waals surface area contributed by atoms with Crippen LogP contribution in [-0.2, 0) is 19.1 Å². The van der Waals surface area contributed by atoms with E-state index in [0.717, 1.165) is 0 Å². The van der Waals surface area contributed by atoms with Crippen LogP contribution in [-0.4, -0.2) is 48.9 Å². The van der Waals surface area contributed by atoms with Crippen molar-refractivity contribution in [2.45, 2.75) is 33.2 Å². The highest BCUT2D eigenvalue weighted by molar-refractivity contribution is 7.98. The molecule has 1 aromatic carbocycles. The van der Waals surface area contributed by atoms with Gasteiger partial charge in [0.05, 0.1) is 0 Å². The molecule has 0 unspecified atom stereocenters. The zero-order chi connectivity index (χ0) is 19.6. The van der Waals surface area contributed by atoms with Crippen molar-refractivity contribution in [3.05, 3.63) is 30.3 Å². The number of carbonyl (C=O) groups is 3. The second kappa shape index (κ2) is 10.9. The maximum atomic E-state index is 12.3. The molecule has 1 aromatic rings. The van der Waals surface area contributed by atoms with Gasteiger partial charge in [-0.25, -0.2) is 4.79 Å². The third-order valence-corrected chi connectivity index (χ3v) is 4.17. The van der Waals surface area contributed by atoms with E-state index in [1.165, 1.54) is 0 Å². The van der Waals surface area contributed by atoms with Crippen molar-refractivity contribution in [2.24, 2.45) is 5.41 Å². The largest absolute Gasteiger partial charge is 0.484 e. The van der Waals surface area contributed by atoms with Crippen LogP contribution >= 0.6 is 11.8 Å². The Labute approximate surface area is 159 Å². The zero-order valence-electron chi connectivity index (χ0n) is 15.7. The highest BCUT2D eigenvalue weighted by Gasteiger charge is 2.26. The minimum Gasteiger partial charge on any atom is -0.484 e. The summed E-state index contributed by atoms with van der Waals surface area (Å²) in [4.78, 5) is 36.2. The lowest BCUT2D eigenvalue weighted by atomic mass is 9.91. The molecule has 1 atom stereocenters. The number of hydrogen-bond donors (Lipinski definition) is 1. The highest BCUT2D eigenvalue weighted by Crippen LogP contribution is 2.15. The Hall–Kier alpha value is -2.02. The summed E-state index contributed by atoms with van der Waals surface area (Å²) in [5.41, 5.74) is -0.582. The minimum atomic E-state index is -0.804.